The van der Waals surface area contributed by atoms with E-state index in [1.807, 2.05) is 13.1 Å². The number of anilines is 1. The Bertz CT molecular complexity index is 622. The number of methoxy groups -OCH3 is 1. The fraction of sp³-hybridized carbons (Fsp3) is 0.333. The van der Waals surface area contributed by atoms with Gasteiger partial charge in [-0.2, -0.15) is 5.10 Å². The number of nitrogens with two attached hydrogens (primary N) is 1. The highest BCUT2D eigenvalue weighted by molar-refractivity contribution is 5.99. The molecule has 1 heterocycles. The first kappa shape index (κ1) is 14.9. The number of hydrogen-bond donors (Lipinski definition) is 3. The van der Waals surface area contributed by atoms with E-state index in [-0.39, 0.29) is 5.91 Å². The third kappa shape index (κ3) is 3.75. The number of benzene rings is 1. The van der Waals surface area contributed by atoms with Crippen LogP contribution in [-0.4, -0.2) is 29.8 Å². The number of nitrogen functional groups attached to an aromatic ring is 1. The lowest BCUT2D eigenvalue weighted by Crippen LogP contribution is -2.25. The second kappa shape index (κ2) is 6.78. The number of carbonyl (C=O) groups excluding carboxylic acids is 1. The van der Waals surface area contributed by atoms with Crippen molar-refractivity contribution in [3.63, 3.8) is 0 Å². The predicted molar refractivity (Wildman–Crippen MR) is 81.4 cm³/mol. The molecular weight excluding hydrogens is 268 g/mol. The average Bonchev–Trinajstić information content (AvgIpc) is 2.89. The number of hydrogen-bond acceptors (Lipinski definition) is 4. The van der Waals surface area contributed by atoms with Gasteiger partial charge in [0.2, 0.25) is 0 Å². The van der Waals surface area contributed by atoms with Gasteiger partial charge in [0.25, 0.3) is 5.91 Å². The Hall–Kier alpha value is -2.50. The van der Waals surface area contributed by atoms with Gasteiger partial charge in [-0.25, -0.2) is 0 Å². The minimum atomic E-state index is -0.185. The van der Waals surface area contributed by atoms with E-state index in [1.54, 1.807) is 25.3 Å². The molecule has 1 amide bonds. The van der Waals surface area contributed by atoms with Gasteiger partial charge in [-0.3, -0.25) is 9.89 Å². The third-order valence-electron chi connectivity index (χ3n) is 3.35. The van der Waals surface area contributed by atoms with Crippen molar-refractivity contribution >= 4 is 11.6 Å². The molecule has 0 aliphatic carbocycles. The monoisotopic (exact) mass is 288 g/mol. The number of aromatic nitrogens is 2. The molecule has 0 atom stereocenters. The molecule has 0 spiro atoms. The van der Waals surface area contributed by atoms with Gasteiger partial charge in [0, 0.05) is 17.9 Å². The number of ether oxygens (including phenoxy) is 1. The number of H-pyrrole nitrogens is 1. The molecule has 0 saturated heterocycles. The van der Waals surface area contributed by atoms with Crippen LogP contribution in [0.4, 0.5) is 5.69 Å². The Kier molecular flexibility index (Phi) is 4.81. The molecule has 0 saturated carbocycles. The summed E-state index contributed by atoms with van der Waals surface area (Å²) in [6.07, 6.45) is 3.53. The Balaban J connectivity index is 1.86. The summed E-state index contributed by atoms with van der Waals surface area (Å²) in [6.45, 7) is 2.57. The number of rotatable bonds is 6. The summed E-state index contributed by atoms with van der Waals surface area (Å²) in [5.74, 6) is 0.429. The van der Waals surface area contributed by atoms with Crippen molar-refractivity contribution in [2.45, 2.75) is 19.8 Å². The Labute approximate surface area is 123 Å². The van der Waals surface area contributed by atoms with Crippen molar-refractivity contribution < 1.29 is 9.53 Å². The number of amides is 1. The largest absolute Gasteiger partial charge is 0.497 e. The molecule has 0 fully saturated rings. The molecule has 112 valence electrons. The van der Waals surface area contributed by atoms with Crippen molar-refractivity contribution in [3.8, 4) is 5.75 Å². The van der Waals surface area contributed by atoms with Crippen LogP contribution in [0.5, 0.6) is 5.75 Å². The van der Waals surface area contributed by atoms with E-state index in [4.69, 9.17) is 10.5 Å². The van der Waals surface area contributed by atoms with Gasteiger partial charge >= 0.3 is 0 Å². The number of nitrogens with zero attached hydrogens (tertiary/aromatic N) is 1. The van der Waals surface area contributed by atoms with Crippen molar-refractivity contribution in [1.82, 2.24) is 15.5 Å². The van der Waals surface area contributed by atoms with Crippen LogP contribution in [0.15, 0.2) is 24.4 Å². The first-order valence-electron chi connectivity index (χ1n) is 6.82. The summed E-state index contributed by atoms with van der Waals surface area (Å²) in [6, 6.07) is 5.04. The lowest BCUT2D eigenvalue weighted by Gasteiger charge is -2.09. The number of nitrogens with one attached hydrogen (secondary N) is 2. The minimum Gasteiger partial charge on any atom is -0.497 e. The molecule has 2 aromatic rings. The van der Waals surface area contributed by atoms with Crippen molar-refractivity contribution in [2.24, 2.45) is 0 Å². The first-order chi connectivity index (χ1) is 10.1. The SMILES string of the molecule is COc1ccc(N)c(C(=O)NCCCc2cn[nH]c2C)c1. The molecule has 21 heavy (non-hydrogen) atoms. The van der Waals surface area contributed by atoms with E-state index in [0.29, 0.717) is 23.5 Å². The topological polar surface area (TPSA) is 93.0 Å². The molecule has 4 N–H and O–H groups in total. The van der Waals surface area contributed by atoms with Crippen LogP contribution in [0.2, 0.25) is 0 Å². The molecule has 0 unspecified atom stereocenters. The molecule has 0 aliphatic heterocycles. The highest BCUT2D eigenvalue weighted by Crippen LogP contribution is 2.19. The highest BCUT2D eigenvalue weighted by Gasteiger charge is 2.10. The quantitative estimate of drug-likeness (QED) is 0.557. The van der Waals surface area contributed by atoms with E-state index in [9.17, 15) is 4.79 Å². The molecule has 0 radical (unpaired) electrons. The zero-order chi connectivity index (χ0) is 15.2. The molecule has 1 aromatic carbocycles. The molecule has 2 rings (SSSR count). The standard InChI is InChI=1S/C15H20N4O2/c1-10-11(9-18-19-10)4-3-7-17-15(20)13-8-12(21-2)5-6-14(13)16/h5-6,8-9H,3-4,7,16H2,1-2H3,(H,17,20)(H,18,19). The summed E-state index contributed by atoms with van der Waals surface area (Å²) in [5, 5.41) is 9.74. The molecule has 6 heteroatoms. The van der Waals surface area contributed by atoms with Gasteiger partial charge in [0.1, 0.15) is 5.75 Å². The van der Waals surface area contributed by atoms with E-state index >= 15 is 0 Å². The highest BCUT2D eigenvalue weighted by atomic mass is 16.5. The molecule has 0 bridgehead atoms. The zero-order valence-electron chi connectivity index (χ0n) is 12.3. The Morgan fingerprint density at radius 3 is 2.95 bits per heavy atom. The van der Waals surface area contributed by atoms with Crippen molar-refractivity contribution in [1.29, 1.82) is 0 Å². The predicted octanol–water partition coefficient (Wildman–Crippen LogP) is 1.67. The van der Waals surface area contributed by atoms with Crippen LogP contribution >= 0.6 is 0 Å². The fourth-order valence-corrected chi connectivity index (χ4v) is 2.06. The smallest absolute Gasteiger partial charge is 0.253 e. The number of carbonyl (C=O) groups is 1. The van der Waals surface area contributed by atoms with Gasteiger partial charge in [-0.15, -0.1) is 0 Å². The first-order valence-corrected chi connectivity index (χ1v) is 6.82. The lowest BCUT2D eigenvalue weighted by atomic mass is 10.1. The summed E-state index contributed by atoms with van der Waals surface area (Å²) in [4.78, 5) is 12.1. The van der Waals surface area contributed by atoms with Crippen molar-refractivity contribution in [2.75, 3.05) is 19.4 Å². The lowest BCUT2D eigenvalue weighted by molar-refractivity contribution is 0.0954. The van der Waals surface area contributed by atoms with E-state index in [0.717, 1.165) is 18.5 Å². The minimum absolute atomic E-state index is 0.185. The maximum atomic E-state index is 12.1. The van der Waals surface area contributed by atoms with Crippen LogP contribution in [-0.2, 0) is 6.42 Å². The average molecular weight is 288 g/mol. The van der Waals surface area contributed by atoms with E-state index in [1.165, 1.54) is 5.56 Å². The van der Waals surface area contributed by atoms with Gasteiger partial charge in [0.15, 0.2) is 0 Å². The Morgan fingerprint density at radius 1 is 1.48 bits per heavy atom. The summed E-state index contributed by atoms with van der Waals surface area (Å²) in [7, 11) is 1.56. The van der Waals surface area contributed by atoms with Gasteiger partial charge in [-0.05, 0) is 43.5 Å². The fourth-order valence-electron chi connectivity index (χ4n) is 2.06. The van der Waals surface area contributed by atoms with Crippen LogP contribution in [0.3, 0.4) is 0 Å². The van der Waals surface area contributed by atoms with Gasteiger partial charge < -0.3 is 15.8 Å². The normalized spacial score (nSPS) is 10.4. The second-order valence-corrected chi connectivity index (χ2v) is 4.83. The zero-order valence-corrected chi connectivity index (χ0v) is 12.3. The summed E-state index contributed by atoms with van der Waals surface area (Å²) in [5.41, 5.74) is 8.94. The summed E-state index contributed by atoms with van der Waals surface area (Å²) < 4.78 is 5.10. The van der Waals surface area contributed by atoms with E-state index < -0.39 is 0 Å². The molecular formula is C15H20N4O2. The molecule has 1 aromatic heterocycles. The van der Waals surface area contributed by atoms with Gasteiger partial charge in [0.05, 0.1) is 18.9 Å². The van der Waals surface area contributed by atoms with Crippen molar-refractivity contribution in [3.05, 3.63) is 41.2 Å². The second-order valence-electron chi connectivity index (χ2n) is 4.83. The molecule has 6 nitrogen and oxygen atoms in total. The maximum absolute atomic E-state index is 12.1. The number of aryl methyl sites for hydroxylation is 2. The van der Waals surface area contributed by atoms with Crippen LogP contribution in [0.25, 0.3) is 0 Å². The maximum Gasteiger partial charge on any atom is 0.253 e. The Morgan fingerprint density at radius 2 is 2.29 bits per heavy atom. The molecule has 0 aliphatic rings. The van der Waals surface area contributed by atoms with Crippen LogP contribution < -0.4 is 15.8 Å². The summed E-state index contributed by atoms with van der Waals surface area (Å²) >= 11 is 0. The van der Waals surface area contributed by atoms with Gasteiger partial charge in [-0.1, -0.05) is 0 Å². The third-order valence-corrected chi connectivity index (χ3v) is 3.35. The number of aromatic amines is 1. The van der Waals surface area contributed by atoms with Crippen LogP contribution in [0, 0.1) is 6.92 Å². The van der Waals surface area contributed by atoms with E-state index in [2.05, 4.69) is 15.5 Å². The van der Waals surface area contributed by atoms with Crippen LogP contribution in [0.1, 0.15) is 28.0 Å².